The highest BCUT2D eigenvalue weighted by molar-refractivity contribution is 5.98. The fourth-order valence-corrected chi connectivity index (χ4v) is 3.93. The van der Waals surface area contributed by atoms with Crippen molar-refractivity contribution in [1.29, 1.82) is 0 Å². The highest BCUT2D eigenvalue weighted by Crippen LogP contribution is 2.49. The molecule has 0 unspecified atom stereocenters. The van der Waals surface area contributed by atoms with Gasteiger partial charge in [-0.2, -0.15) is 5.06 Å². The molecule has 1 heterocycles. The first-order valence-corrected chi connectivity index (χ1v) is 7.88. The summed E-state index contributed by atoms with van der Waals surface area (Å²) in [5.41, 5.74) is -3.13. The topological polar surface area (TPSA) is 98.1 Å². The highest BCUT2D eigenvalue weighted by atomic mass is 16.5. The normalized spacial score (nSPS) is 22.5. The maximum atomic E-state index is 11.9. The van der Waals surface area contributed by atoms with E-state index in [0.29, 0.717) is 19.3 Å². The minimum atomic E-state index is -1.79. The maximum Gasteiger partial charge on any atom is 0.321 e. The SMILES string of the molecule is CCCCC(C(=O)O)(C(=O)O)C1CC(C)(C)N(O)C(C)(C)C1. The summed E-state index contributed by atoms with van der Waals surface area (Å²) in [6.45, 7) is 9.17. The first-order chi connectivity index (χ1) is 9.91. The molecule has 22 heavy (non-hydrogen) atoms. The van der Waals surface area contributed by atoms with Gasteiger partial charge < -0.3 is 15.4 Å². The van der Waals surface area contributed by atoms with Crippen molar-refractivity contribution in [3.63, 3.8) is 0 Å². The summed E-state index contributed by atoms with van der Waals surface area (Å²) < 4.78 is 0. The number of aliphatic carboxylic acids is 2. The van der Waals surface area contributed by atoms with Gasteiger partial charge in [-0.1, -0.05) is 19.8 Å². The van der Waals surface area contributed by atoms with Crippen LogP contribution in [0.25, 0.3) is 0 Å². The molecular formula is C16H29NO5. The predicted molar refractivity (Wildman–Crippen MR) is 81.7 cm³/mol. The number of rotatable bonds is 6. The van der Waals surface area contributed by atoms with Crippen LogP contribution in [0.2, 0.25) is 0 Å². The lowest BCUT2D eigenvalue weighted by Gasteiger charge is -2.54. The number of hydrogen-bond acceptors (Lipinski definition) is 4. The van der Waals surface area contributed by atoms with Gasteiger partial charge in [0.2, 0.25) is 0 Å². The molecule has 0 radical (unpaired) electrons. The Bertz CT molecular complexity index is 412. The average Bonchev–Trinajstić information content (AvgIpc) is 2.35. The number of nitrogens with zero attached hydrogens (tertiary/aromatic N) is 1. The average molecular weight is 315 g/mol. The molecule has 3 N–H and O–H groups in total. The molecule has 0 atom stereocenters. The number of carboxylic acid groups (broad SMARTS) is 2. The number of hydroxylamine groups is 2. The molecule has 0 amide bonds. The van der Waals surface area contributed by atoms with E-state index in [2.05, 4.69) is 0 Å². The molecule has 1 saturated heterocycles. The Labute approximate surface area is 132 Å². The first kappa shape index (κ1) is 18.9. The van der Waals surface area contributed by atoms with Crippen LogP contribution in [-0.2, 0) is 9.59 Å². The molecule has 1 aliphatic rings. The van der Waals surface area contributed by atoms with E-state index < -0.39 is 34.3 Å². The minimum Gasteiger partial charge on any atom is -0.480 e. The summed E-state index contributed by atoms with van der Waals surface area (Å²) in [4.78, 5) is 23.8. The summed E-state index contributed by atoms with van der Waals surface area (Å²) in [5, 5.41) is 31.0. The fraction of sp³-hybridized carbons (Fsp3) is 0.875. The second-order valence-electron chi connectivity index (χ2n) is 7.73. The lowest BCUT2D eigenvalue weighted by atomic mass is 9.61. The standard InChI is InChI=1S/C16H29NO5/c1-6-7-8-16(12(18)19,13(20)21)11-9-14(2,3)17(22)15(4,5)10-11/h11,22H,6-10H2,1-5H3,(H,18,19)(H,20,21). The minimum absolute atomic E-state index is 0.121. The van der Waals surface area contributed by atoms with Crippen molar-refractivity contribution in [2.75, 3.05) is 0 Å². The van der Waals surface area contributed by atoms with Crippen molar-refractivity contribution < 1.29 is 25.0 Å². The molecule has 6 heteroatoms. The van der Waals surface area contributed by atoms with Gasteiger partial charge in [0.25, 0.3) is 0 Å². The zero-order chi connectivity index (χ0) is 17.3. The Morgan fingerprint density at radius 2 is 1.50 bits per heavy atom. The van der Waals surface area contributed by atoms with E-state index in [1.807, 2.05) is 34.6 Å². The van der Waals surface area contributed by atoms with Crippen molar-refractivity contribution in [2.45, 2.75) is 77.8 Å². The maximum absolute atomic E-state index is 11.9. The molecule has 0 aromatic carbocycles. The van der Waals surface area contributed by atoms with Crippen LogP contribution in [-0.4, -0.2) is 43.5 Å². The van der Waals surface area contributed by atoms with Crippen LogP contribution in [0.15, 0.2) is 0 Å². The number of unbranched alkanes of at least 4 members (excludes halogenated alkanes) is 1. The zero-order valence-corrected chi connectivity index (χ0v) is 14.2. The lowest BCUT2D eigenvalue weighted by Crippen LogP contribution is -2.63. The van der Waals surface area contributed by atoms with E-state index in [1.165, 1.54) is 5.06 Å². The summed E-state index contributed by atoms with van der Waals surface area (Å²) >= 11 is 0. The van der Waals surface area contributed by atoms with Gasteiger partial charge in [-0.3, -0.25) is 9.59 Å². The van der Waals surface area contributed by atoms with Crippen LogP contribution < -0.4 is 0 Å². The number of piperidine rings is 1. The summed E-state index contributed by atoms with van der Waals surface area (Å²) in [5.74, 6) is -3.06. The third-order valence-corrected chi connectivity index (χ3v) is 5.02. The Kier molecular flexibility index (Phi) is 5.30. The van der Waals surface area contributed by atoms with Crippen LogP contribution >= 0.6 is 0 Å². The van der Waals surface area contributed by atoms with Crippen LogP contribution in [0.3, 0.4) is 0 Å². The van der Waals surface area contributed by atoms with Crippen molar-refractivity contribution in [1.82, 2.24) is 5.06 Å². The summed E-state index contributed by atoms with van der Waals surface area (Å²) in [6.07, 6.45) is 2.08. The van der Waals surface area contributed by atoms with E-state index in [0.717, 1.165) is 6.42 Å². The second kappa shape index (κ2) is 6.16. The molecule has 0 spiro atoms. The van der Waals surface area contributed by atoms with Crippen molar-refractivity contribution in [3.8, 4) is 0 Å². The second-order valence-corrected chi connectivity index (χ2v) is 7.73. The van der Waals surface area contributed by atoms with Gasteiger partial charge in [-0.05, 0) is 52.9 Å². The van der Waals surface area contributed by atoms with Gasteiger partial charge in [-0.15, -0.1) is 0 Å². The molecule has 0 saturated carbocycles. The van der Waals surface area contributed by atoms with Gasteiger partial charge in [0.15, 0.2) is 5.41 Å². The Hall–Kier alpha value is -1.14. The molecule has 0 aromatic rings. The van der Waals surface area contributed by atoms with E-state index >= 15 is 0 Å². The van der Waals surface area contributed by atoms with Crippen LogP contribution in [0, 0.1) is 11.3 Å². The largest absolute Gasteiger partial charge is 0.480 e. The Morgan fingerprint density at radius 3 is 1.82 bits per heavy atom. The molecule has 0 aromatic heterocycles. The van der Waals surface area contributed by atoms with Gasteiger partial charge in [0, 0.05) is 11.1 Å². The molecule has 1 aliphatic heterocycles. The molecule has 6 nitrogen and oxygen atoms in total. The molecule has 1 rings (SSSR count). The smallest absolute Gasteiger partial charge is 0.321 e. The van der Waals surface area contributed by atoms with Crippen LogP contribution in [0.4, 0.5) is 0 Å². The molecule has 0 bridgehead atoms. The third-order valence-electron chi connectivity index (χ3n) is 5.02. The molecule has 1 fully saturated rings. The summed E-state index contributed by atoms with van der Waals surface area (Å²) in [6, 6.07) is 0. The molecular weight excluding hydrogens is 286 g/mol. The fourth-order valence-electron chi connectivity index (χ4n) is 3.93. The van der Waals surface area contributed by atoms with Crippen molar-refractivity contribution in [3.05, 3.63) is 0 Å². The Balaban J connectivity index is 3.30. The lowest BCUT2D eigenvalue weighted by molar-refractivity contribution is -0.259. The van der Waals surface area contributed by atoms with Crippen molar-refractivity contribution >= 4 is 11.9 Å². The number of carboxylic acids is 2. The van der Waals surface area contributed by atoms with Crippen LogP contribution in [0.5, 0.6) is 0 Å². The quantitative estimate of drug-likeness (QED) is 0.652. The Morgan fingerprint density at radius 1 is 1.09 bits per heavy atom. The highest BCUT2D eigenvalue weighted by Gasteiger charge is 2.58. The number of hydrogen-bond donors (Lipinski definition) is 3. The zero-order valence-electron chi connectivity index (χ0n) is 14.2. The molecule has 128 valence electrons. The van der Waals surface area contributed by atoms with E-state index in [-0.39, 0.29) is 6.42 Å². The van der Waals surface area contributed by atoms with E-state index in [1.54, 1.807) is 0 Å². The van der Waals surface area contributed by atoms with Crippen LogP contribution in [0.1, 0.15) is 66.7 Å². The monoisotopic (exact) mass is 315 g/mol. The van der Waals surface area contributed by atoms with Gasteiger partial charge in [0.1, 0.15) is 0 Å². The van der Waals surface area contributed by atoms with Gasteiger partial charge >= 0.3 is 11.9 Å². The summed E-state index contributed by atoms with van der Waals surface area (Å²) in [7, 11) is 0. The number of carbonyl (C=O) groups is 2. The van der Waals surface area contributed by atoms with Gasteiger partial charge in [0.05, 0.1) is 0 Å². The van der Waals surface area contributed by atoms with E-state index in [9.17, 15) is 25.0 Å². The molecule has 0 aliphatic carbocycles. The van der Waals surface area contributed by atoms with Crippen molar-refractivity contribution in [2.24, 2.45) is 11.3 Å². The first-order valence-electron chi connectivity index (χ1n) is 7.88. The van der Waals surface area contributed by atoms with Gasteiger partial charge in [-0.25, -0.2) is 0 Å². The van der Waals surface area contributed by atoms with E-state index in [4.69, 9.17) is 0 Å². The third kappa shape index (κ3) is 3.13. The predicted octanol–water partition coefficient (Wildman–Crippen LogP) is 2.99.